The van der Waals surface area contributed by atoms with Gasteiger partial charge >= 0.3 is 0 Å². The molecule has 2 N–H and O–H groups in total. The molecule has 0 rings (SSSR count). The van der Waals surface area contributed by atoms with Crippen LogP contribution in [0.4, 0.5) is 0 Å². The molecule has 396 valence electrons. The molecule has 0 heterocycles. The van der Waals surface area contributed by atoms with Crippen molar-refractivity contribution in [3.63, 3.8) is 0 Å². The summed E-state index contributed by atoms with van der Waals surface area (Å²) in [6.07, 6.45) is 63.7. The van der Waals surface area contributed by atoms with E-state index in [9.17, 15) is 19.4 Å². The summed E-state index contributed by atoms with van der Waals surface area (Å²) in [4.78, 5) is 25.5. The molecule has 9 heteroatoms. The largest absolute Gasteiger partial charge is 0.756 e. The molecule has 67 heavy (non-hydrogen) atoms. The molecule has 8 nitrogen and oxygen atoms in total. The maximum absolute atomic E-state index is 12.9. The first-order valence-electron chi connectivity index (χ1n) is 28.9. The van der Waals surface area contributed by atoms with Crippen molar-refractivity contribution < 1.29 is 32.9 Å². The van der Waals surface area contributed by atoms with E-state index in [1.165, 1.54) is 218 Å². The fourth-order valence-corrected chi connectivity index (χ4v) is 9.24. The summed E-state index contributed by atoms with van der Waals surface area (Å²) < 4.78 is 23.3. The van der Waals surface area contributed by atoms with E-state index in [1.54, 1.807) is 6.08 Å². The Morgan fingerprint density at radius 1 is 0.507 bits per heavy atom. The molecular weight excluding hydrogens is 852 g/mol. The molecule has 0 aromatic heterocycles. The molecule has 0 bridgehead atoms. The Morgan fingerprint density at radius 3 is 1.21 bits per heavy atom. The minimum Gasteiger partial charge on any atom is -0.756 e. The number of unbranched alkanes of at least 4 members (excludes halogenated alkanes) is 36. The monoisotopic (exact) mass is 965 g/mol. The van der Waals surface area contributed by atoms with Crippen molar-refractivity contribution in [1.29, 1.82) is 0 Å². The number of allylic oxidation sites excluding steroid dienone is 5. The standard InChI is InChI=1S/C58H113N2O6P/c1-6-8-10-12-14-16-18-20-22-24-26-27-28-29-30-31-32-34-35-37-39-41-43-45-47-49-51-57(61)56(55-66-67(63,64)65-54-53-60(3,4)5)59-58(62)52-50-48-46-44-42-40-38-36-33-25-23-21-19-17-15-13-11-9-7-2/h21,23,41,43,49,51,56-57,61H,6-20,22,24-40,42,44-48,50,52-55H2,1-5H3,(H-,59,62,63,64)/b23-21-,43-41+,51-49+. The van der Waals surface area contributed by atoms with Gasteiger partial charge in [0.25, 0.3) is 7.82 Å². The number of nitrogens with one attached hydrogen (secondary N) is 1. The normalized spacial score (nSPS) is 14.2. The maximum atomic E-state index is 12.9. The van der Waals surface area contributed by atoms with E-state index in [0.29, 0.717) is 17.4 Å². The molecule has 3 atom stereocenters. The third kappa shape index (κ3) is 52.4. The second kappa shape index (κ2) is 49.7. The molecule has 0 aromatic rings. The van der Waals surface area contributed by atoms with Crippen LogP contribution < -0.4 is 10.2 Å². The van der Waals surface area contributed by atoms with Gasteiger partial charge in [-0.25, -0.2) is 0 Å². The summed E-state index contributed by atoms with van der Waals surface area (Å²) in [5, 5.41) is 13.9. The van der Waals surface area contributed by atoms with Crippen molar-refractivity contribution >= 4 is 13.7 Å². The Labute approximate surface area is 417 Å². The fourth-order valence-electron chi connectivity index (χ4n) is 8.52. The number of aliphatic hydroxyl groups is 1. The van der Waals surface area contributed by atoms with Gasteiger partial charge in [-0.1, -0.05) is 249 Å². The number of phosphoric ester groups is 1. The van der Waals surface area contributed by atoms with Crippen LogP contribution in [0.5, 0.6) is 0 Å². The van der Waals surface area contributed by atoms with Crippen LogP contribution in [-0.4, -0.2) is 68.5 Å². The van der Waals surface area contributed by atoms with Crippen LogP contribution in [0.1, 0.15) is 277 Å². The molecule has 0 aliphatic rings. The summed E-state index contributed by atoms with van der Waals surface area (Å²) >= 11 is 0. The Balaban J connectivity index is 4.24. The van der Waals surface area contributed by atoms with Gasteiger partial charge in [0.2, 0.25) is 5.91 Å². The van der Waals surface area contributed by atoms with E-state index in [4.69, 9.17) is 9.05 Å². The Bertz CT molecular complexity index is 1190. The molecule has 1 amide bonds. The van der Waals surface area contributed by atoms with Crippen molar-refractivity contribution in [3.05, 3.63) is 36.5 Å². The average Bonchev–Trinajstić information content (AvgIpc) is 3.29. The number of amides is 1. The third-order valence-corrected chi connectivity index (χ3v) is 14.0. The van der Waals surface area contributed by atoms with Gasteiger partial charge in [-0.15, -0.1) is 0 Å². The van der Waals surface area contributed by atoms with Gasteiger partial charge in [0.05, 0.1) is 39.9 Å². The second-order valence-corrected chi connectivity index (χ2v) is 22.4. The zero-order valence-corrected chi connectivity index (χ0v) is 46.0. The summed E-state index contributed by atoms with van der Waals surface area (Å²) in [7, 11) is 1.25. The second-order valence-electron chi connectivity index (χ2n) is 21.0. The average molecular weight is 966 g/mol. The number of hydrogen-bond donors (Lipinski definition) is 2. The molecule has 0 saturated heterocycles. The first kappa shape index (κ1) is 65.7. The van der Waals surface area contributed by atoms with E-state index in [1.807, 2.05) is 27.2 Å². The molecule has 0 aliphatic heterocycles. The number of likely N-dealkylation sites (N-methyl/N-ethyl adjacent to an activating group) is 1. The lowest BCUT2D eigenvalue weighted by atomic mass is 10.0. The van der Waals surface area contributed by atoms with Gasteiger partial charge in [0, 0.05) is 6.42 Å². The molecule has 0 fully saturated rings. The van der Waals surface area contributed by atoms with Crippen molar-refractivity contribution in [2.75, 3.05) is 40.9 Å². The number of aliphatic hydroxyl groups excluding tert-OH is 1. The number of hydrogen-bond acceptors (Lipinski definition) is 6. The lowest BCUT2D eigenvalue weighted by Crippen LogP contribution is -2.45. The van der Waals surface area contributed by atoms with Gasteiger partial charge in [-0.2, -0.15) is 0 Å². The van der Waals surface area contributed by atoms with E-state index in [0.717, 1.165) is 38.5 Å². The summed E-state index contributed by atoms with van der Waals surface area (Å²) in [6.45, 7) is 4.66. The van der Waals surface area contributed by atoms with Gasteiger partial charge < -0.3 is 28.8 Å². The van der Waals surface area contributed by atoms with Crippen LogP contribution in [-0.2, 0) is 18.4 Å². The number of carbonyl (C=O) groups is 1. The third-order valence-electron chi connectivity index (χ3n) is 13.1. The smallest absolute Gasteiger partial charge is 0.268 e. The zero-order valence-electron chi connectivity index (χ0n) is 45.1. The molecule has 0 radical (unpaired) electrons. The summed E-state index contributed by atoms with van der Waals surface area (Å²) in [5.74, 6) is -0.207. The van der Waals surface area contributed by atoms with E-state index in [2.05, 4.69) is 43.5 Å². The van der Waals surface area contributed by atoms with Crippen molar-refractivity contribution in [2.45, 2.75) is 289 Å². The minimum absolute atomic E-state index is 0.00609. The fraction of sp³-hybridized carbons (Fsp3) is 0.879. The predicted molar refractivity (Wildman–Crippen MR) is 288 cm³/mol. The highest BCUT2D eigenvalue weighted by Gasteiger charge is 2.23. The highest BCUT2D eigenvalue weighted by Crippen LogP contribution is 2.38. The predicted octanol–water partition coefficient (Wildman–Crippen LogP) is 16.7. The number of quaternary nitrogens is 1. The number of rotatable bonds is 53. The van der Waals surface area contributed by atoms with Crippen LogP contribution in [0.15, 0.2) is 36.5 Å². The minimum atomic E-state index is -4.60. The molecule has 0 aromatic carbocycles. The Kier molecular flexibility index (Phi) is 48.7. The molecule has 0 aliphatic carbocycles. The number of phosphoric acid groups is 1. The summed E-state index contributed by atoms with van der Waals surface area (Å²) in [6, 6.07) is -0.904. The van der Waals surface area contributed by atoms with E-state index in [-0.39, 0.29) is 12.5 Å². The first-order valence-corrected chi connectivity index (χ1v) is 30.3. The topological polar surface area (TPSA) is 108 Å². The lowest BCUT2D eigenvalue weighted by molar-refractivity contribution is -0.870. The van der Waals surface area contributed by atoms with Gasteiger partial charge in [0.15, 0.2) is 0 Å². The van der Waals surface area contributed by atoms with Crippen molar-refractivity contribution in [1.82, 2.24) is 5.32 Å². The Hall–Kier alpha value is -1.28. The van der Waals surface area contributed by atoms with Crippen molar-refractivity contribution in [3.8, 4) is 0 Å². The van der Waals surface area contributed by atoms with Crippen LogP contribution in [0.25, 0.3) is 0 Å². The molecule has 0 spiro atoms. The van der Waals surface area contributed by atoms with Crippen molar-refractivity contribution in [2.24, 2.45) is 0 Å². The van der Waals surface area contributed by atoms with Crippen LogP contribution in [0, 0.1) is 0 Å². The van der Waals surface area contributed by atoms with Gasteiger partial charge in [0.1, 0.15) is 13.2 Å². The lowest BCUT2D eigenvalue weighted by Gasteiger charge is -2.29. The highest BCUT2D eigenvalue weighted by molar-refractivity contribution is 7.45. The van der Waals surface area contributed by atoms with Gasteiger partial charge in [-0.05, 0) is 57.8 Å². The molecular formula is C58H113N2O6P. The van der Waals surface area contributed by atoms with Crippen LogP contribution in [0.2, 0.25) is 0 Å². The first-order chi connectivity index (χ1) is 32.5. The SMILES string of the molecule is CCCCCCCC/C=C\CCCCCCCCCCCC(=O)NC(COP(=O)([O-])OCC[N+](C)(C)C)C(O)/C=C/CC/C=C/CCCCCCCCCCCCCCCCCCCCCC. The molecule has 0 saturated carbocycles. The maximum Gasteiger partial charge on any atom is 0.268 e. The van der Waals surface area contributed by atoms with Crippen LogP contribution >= 0.6 is 7.82 Å². The molecule has 3 unspecified atom stereocenters. The van der Waals surface area contributed by atoms with Crippen LogP contribution in [0.3, 0.4) is 0 Å². The number of nitrogens with zero attached hydrogens (tertiary/aromatic N) is 1. The van der Waals surface area contributed by atoms with Gasteiger partial charge in [-0.3, -0.25) is 9.36 Å². The van der Waals surface area contributed by atoms with E-state index >= 15 is 0 Å². The quantitative estimate of drug-likeness (QED) is 0.0272. The summed E-state index contributed by atoms with van der Waals surface area (Å²) in [5.41, 5.74) is 0. The zero-order chi connectivity index (χ0) is 49.2. The highest BCUT2D eigenvalue weighted by atomic mass is 31.2. The van der Waals surface area contributed by atoms with E-state index < -0.39 is 26.6 Å². The Morgan fingerprint density at radius 2 is 0.836 bits per heavy atom. The number of carbonyl (C=O) groups excluding carboxylic acids is 1.